The average molecular weight is 155 g/mol. The van der Waals surface area contributed by atoms with Crippen molar-refractivity contribution in [3.05, 3.63) is 0 Å². The molecule has 0 saturated heterocycles. The molecule has 0 amide bonds. The molecular weight excluding hydrogens is 134 g/mol. The summed E-state index contributed by atoms with van der Waals surface area (Å²) in [5.41, 5.74) is 0. The fourth-order valence-electron chi connectivity index (χ4n) is 1.94. The molecule has 0 aromatic carbocycles. The van der Waals surface area contributed by atoms with Crippen LogP contribution >= 0.6 is 0 Å². The van der Waals surface area contributed by atoms with Crippen LogP contribution in [0.1, 0.15) is 39.5 Å². The molecule has 1 fully saturated rings. The molecule has 0 unspecified atom stereocenters. The lowest BCUT2D eigenvalue weighted by molar-refractivity contribution is 0.177. The van der Waals surface area contributed by atoms with E-state index in [1.807, 2.05) is 0 Å². The molecular formula is C10H21N. The molecule has 1 nitrogen and oxygen atoms in total. The Morgan fingerprint density at radius 1 is 1.18 bits per heavy atom. The first-order chi connectivity index (χ1) is 5.24. The number of rotatable bonds is 2. The standard InChI is InChI=1S/C10H21N/c1-4-11(3)10-7-5-9(2)6-8-10/h9-10H,4-8H2,1-3H3/t9-,10-. The van der Waals surface area contributed by atoms with E-state index in [9.17, 15) is 0 Å². The molecule has 0 aromatic heterocycles. The predicted octanol–water partition coefficient (Wildman–Crippen LogP) is 2.52. The first-order valence-electron chi connectivity index (χ1n) is 4.94. The minimum atomic E-state index is 0.885. The third-order valence-electron chi connectivity index (χ3n) is 3.11. The summed E-state index contributed by atoms with van der Waals surface area (Å²) >= 11 is 0. The average Bonchev–Trinajstić information content (AvgIpc) is 2.05. The van der Waals surface area contributed by atoms with Gasteiger partial charge in [0.05, 0.1) is 0 Å². The zero-order valence-corrected chi connectivity index (χ0v) is 8.14. The Hall–Kier alpha value is -0.0400. The molecule has 0 bridgehead atoms. The molecule has 1 saturated carbocycles. The van der Waals surface area contributed by atoms with Gasteiger partial charge in [0.15, 0.2) is 0 Å². The Balaban J connectivity index is 2.27. The quantitative estimate of drug-likeness (QED) is 0.592. The number of hydrogen-bond acceptors (Lipinski definition) is 1. The first kappa shape index (κ1) is 9.05. The van der Waals surface area contributed by atoms with Crippen molar-refractivity contribution in [2.24, 2.45) is 5.92 Å². The van der Waals surface area contributed by atoms with Crippen LogP contribution < -0.4 is 0 Å². The first-order valence-corrected chi connectivity index (χ1v) is 4.94. The maximum Gasteiger partial charge on any atom is 0.00922 e. The van der Waals surface area contributed by atoms with Gasteiger partial charge in [-0.15, -0.1) is 0 Å². The van der Waals surface area contributed by atoms with E-state index < -0.39 is 0 Å². The molecule has 1 heteroatoms. The second kappa shape index (κ2) is 4.10. The molecule has 0 aliphatic heterocycles. The molecule has 1 rings (SSSR count). The van der Waals surface area contributed by atoms with Crippen LogP contribution in [0.15, 0.2) is 0 Å². The lowest BCUT2D eigenvalue weighted by Crippen LogP contribution is -2.34. The SMILES string of the molecule is CCN(C)[C@H]1CC[C@H](C)CC1. The van der Waals surface area contributed by atoms with Crippen molar-refractivity contribution >= 4 is 0 Å². The Morgan fingerprint density at radius 2 is 1.73 bits per heavy atom. The van der Waals surface area contributed by atoms with Crippen LogP contribution in [0.3, 0.4) is 0 Å². The lowest BCUT2D eigenvalue weighted by atomic mass is 9.87. The Morgan fingerprint density at radius 3 is 2.18 bits per heavy atom. The molecule has 1 aliphatic rings. The van der Waals surface area contributed by atoms with Crippen molar-refractivity contribution in [3.8, 4) is 0 Å². The zero-order valence-electron chi connectivity index (χ0n) is 8.14. The maximum atomic E-state index is 2.49. The number of hydrogen-bond donors (Lipinski definition) is 0. The van der Waals surface area contributed by atoms with Crippen LogP contribution in [0.25, 0.3) is 0 Å². The predicted molar refractivity (Wildman–Crippen MR) is 49.7 cm³/mol. The van der Waals surface area contributed by atoms with Gasteiger partial charge in [0.2, 0.25) is 0 Å². The van der Waals surface area contributed by atoms with E-state index in [0.29, 0.717) is 0 Å². The van der Waals surface area contributed by atoms with Crippen molar-refractivity contribution in [2.75, 3.05) is 13.6 Å². The summed E-state index contributed by atoms with van der Waals surface area (Å²) < 4.78 is 0. The second-order valence-electron chi connectivity index (χ2n) is 3.99. The molecule has 11 heavy (non-hydrogen) atoms. The van der Waals surface area contributed by atoms with Gasteiger partial charge >= 0.3 is 0 Å². The van der Waals surface area contributed by atoms with Crippen LogP contribution in [0.4, 0.5) is 0 Å². The molecule has 0 atom stereocenters. The van der Waals surface area contributed by atoms with Crippen molar-refractivity contribution in [1.29, 1.82) is 0 Å². The minimum absolute atomic E-state index is 0.885. The van der Waals surface area contributed by atoms with E-state index >= 15 is 0 Å². The molecule has 1 aliphatic carbocycles. The molecule has 0 heterocycles. The number of nitrogens with zero attached hydrogens (tertiary/aromatic N) is 1. The maximum absolute atomic E-state index is 2.49. The van der Waals surface area contributed by atoms with Crippen LogP contribution in [0.5, 0.6) is 0 Å². The Labute approximate surface area is 70.8 Å². The minimum Gasteiger partial charge on any atom is -0.304 e. The summed E-state index contributed by atoms with van der Waals surface area (Å²) in [7, 11) is 2.25. The molecule has 66 valence electrons. The highest BCUT2D eigenvalue weighted by Gasteiger charge is 2.20. The van der Waals surface area contributed by atoms with Crippen molar-refractivity contribution in [1.82, 2.24) is 4.90 Å². The fraction of sp³-hybridized carbons (Fsp3) is 1.00. The van der Waals surface area contributed by atoms with Gasteiger partial charge in [0, 0.05) is 6.04 Å². The summed E-state index contributed by atoms with van der Waals surface area (Å²) in [4.78, 5) is 2.49. The Kier molecular flexibility index (Phi) is 3.38. The normalized spacial score (nSPS) is 32.7. The summed E-state index contributed by atoms with van der Waals surface area (Å²) in [6.07, 6.45) is 5.72. The summed E-state index contributed by atoms with van der Waals surface area (Å²) in [5.74, 6) is 0.983. The Bertz CT molecular complexity index is 103. The lowest BCUT2D eigenvalue weighted by Gasteiger charge is -2.32. The van der Waals surface area contributed by atoms with E-state index in [1.54, 1.807) is 0 Å². The topological polar surface area (TPSA) is 3.24 Å². The third-order valence-corrected chi connectivity index (χ3v) is 3.11. The van der Waals surface area contributed by atoms with Gasteiger partial charge in [-0.25, -0.2) is 0 Å². The van der Waals surface area contributed by atoms with Crippen molar-refractivity contribution < 1.29 is 0 Å². The molecule has 0 radical (unpaired) electrons. The van der Waals surface area contributed by atoms with Gasteiger partial charge in [-0.05, 0) is 45.2 Å². The molecule has 0 aromatic rings. The zero-order chi connectivity index (χ0) is 8.27. The van der Waals surface area contributed by atoms with E-state index in [2.05, 4.69) is 25.8 Å². The van der Waals surface area contributed by atoms with E-state index in [4.69, 9.17) is 0 Å². The highest BCUT2D eigenvalue weighted by atomic mass is 15.1. The van der Waals surface area contributed by atoms with E-state index in [1.165, 1.54) is 32.2 Å². The van der Waals surface area contributed by atoms with Crippen LogP contribution in [-0.4, -0.2) is 24.5 Å². The highest BCUT2D eigenvalue weighted by Crippen LogP contribution is 2.25. The van der Waals surface area contributed by atoms with Crippen molar-refractivity contribution in [3.63, 3.8) is 0 Å². The van der Waals surface area contributed by atoms with Gasteiger partial charge in [-0.1, -0.05) is 13.8 Å². The van der Waals surface area contributed by atoms with Gasteiger partial charge in [0.25, 0.3) is 0 Å². The summed E-state index contributed by atoms with van der Waals surface area (Å²) in [6.45, 7) is 5.83. The van der Waals surface area contributed by atoms with Crippen LogP contribution in [0, 0.1) is 5.92 Å². The fourth-order valence-corrected chi connectivity index (χ4v) is 1.94. The van der Waals surface area contributed by atoms with Crippen LogP contribution in [0.2, 0.25) is 0 Å². The molecule has 0 spiro atoms. The monoisotopic (exact) mass is 155 g/mol. The van der Waals surface area contributed by atoms with Gasteiger partial charge in [-0.2, -0.15) is 0 Å². The van der Waals surface area contributed by atoms with Gasteiger partial charge < -0.3 is 4.90 Å². The van der Waals surface area contributed by atoms with Crippen LogP contribution in [-0.2, 0) is 0 Å². The third kappa shape index (κ3) is 2.48. The summed E-state index contributed by atoms with van der Waals surface area (Å²) in [5, 5.41) is 0. The molecule has 0 N–H and O–H groups in total. The second-order valence-corrected chi connectivity index (χ2v) is 3.99. The smallest absolute Gasteiger partial charge is 0.00922 e. The largest absolute Gasteiger partial charge is 0.304 e. The van der Waals surface area contributed by atoms with E-state index in [-0.39, 0.29) is 0 Å². The van der Waals surface area contributed by atoms with Crippen molar-refractivity contribution in [2.45, 2.75) is 45.6 Å². The van der Waals surface area contributed by atoms with E-state index in [0.717, 1.165) is 12.0 Å². The summed E-state index contributed by atoms with van der Waals surface area (Å²) in [6, 6.07) is 0.885. The van der Waals surface area contributed by atoms with Gasteiger partial charge in [0.1, 0.15) is 0 Å². The highest BCUT2D eigenvalue weighted by molar-refractivity contribution is 4.75. The van der Waals surface area contributed by atoms with Gasteiger partial charge in [-0.3, -0.25) is 0 Å².